The molecule has 0 bridgehead atoms. The van der Waals surface area contributed by atoms with E-state index in [-0.39, 0.29) is 0 Å². The van der Waals surface area contributed by atoms with Crippen molar-refractivity contribution >= 4 is 0 Å². The molecule has 0 aliphatic heterocycles. The Labute approximate surface area is 118 Å². The van der Waals surface area contributed by atoms with Gasteiger partial charge in [0.1, 0.15) is 5.75 Å². The van der Waals surface area contributed by atoms with Crippen LogP contribution >= 0.6 is 0 Å². The van der Waals surface area contributed by atoms with E-state index in [9.17, 15) is 5.11 Å². The molecule has 108 valence electrons. The Kier molecular flexibility index (Phi) is 5.42. The van der Waals surface area contributed by atoms with Crippen molar-refractivity contribution in [3.05, 3.63) is 29.8 Å². The van der Waals surface area contributed by atoms with E-state index < -0.39 is 0 Å². The maximum Gasteiger partial charge on any atom is 0.115 e. The smallest absolute Gasteiger partial charge is 0.115 e. The van der Waals surface area contributed by atoms with Crippen molar-refractivity contribution in [1.82, 2.24) is 0 Å². The van der Waals surface area contributed by atoms with Crippen LogP contribution in [0.5, 0.6) is 5.75 Å². The van der Waals surface area contributed by atoms with Crippen LogP contribution in [0.3, 0.4) is 0 Å². The molecular weight excluding hydrogens is 234 g/mol. The van der Waals surface area contributed by atoms with Crippen LogP contribution in [0.1, 0.15) is 45.6 Å². The van der Waals surface area contributed by atoms with Crippen LogP contribution in [0.2, 0.25) is 0 Å². The quantitative estimate of drug-likeness (QED) is 0.770. The molecule has 0 aromatic heterocycles. The summed E-state index contributed by atoms with van der Waals surface area (Å²) in [6.45, 7) is 10.3. The summed E-state index contributed by atoms with van der Waals surface area (Å²) in [5.74, 6) is 1.49. The molecule has 0 saturated carbocycles. The van der Waals surface area contributed by atoms with Crippen LogP contribution in [0.25, 0.3) is 0 Å². The number of phenols is 1. The van der Waals surface area contributed by atoms with Crippen molar-refractivity contribution in [2.45, 2.75) is 46.1 Å². The summed E-state index contributed by atoms with van der Waals surface area (Å²) in [6.07, 6.45) is 1.11. The van der Waals surface area contributed by atoms with E-state index >= 15 is 0 Å². The molecule has 0 spiro atoms. The number of aromatic hydroxyl groups is 1. The molecule has 19 heavy (non-hydrogen) atoms. The topological polar surface area (TPSA) is 20.2 Å². The molecule has 0 radical (unpaired) electrons. The lowest BCUT2D eigenvalue weighted by Gasteiger charge is -2.38. The summed E-state index contributed by atoms with van der Waals surface area (Å²) in [5.41, 5.74) is 1.26. The fraction of sp³-hybridized carbons (Fsp3) is 0.647. The molecule has 1 aromatic carbocycles. The van der Waals surface area contributed by atoms with Gasteiger partial charge in [0.2, 0.25) is 0 Å². The average molecular weight is 264 g/mol. The van der Waals surface area contributed by atoms with Crippen molar-refractivity contribution in [1.29, 1.82) is 0 Å². The highest BCUT2D eigenvalue weighted by molar-refractivity contribution is 5.30. The SMILES string of the molecule is CC[C@@H](c1cccc(O)c1)[C@@H](C)C[N+](C)(C)C(C)C. The number of phenolic OH excluding ortho intramolecular Hbond substituents is 1. The maximum absolute atomic E-state index is 9.66. The van der Waals surface area contributed by atoms with Crippen LogP contribution in [0, 0.1) is 5.92 Å². The van der Waals surface area contributed by atoms with Crippen molar-refractivity contribution in [3.63, 3.8) is 0 Å². The molecule has 0 amide bonds. The van der Waals surface area contributed by atoms with Gasteiger partial charge in [-0.25, -0.2) is 0 Å². The fourth-order valence-electron chi connectivity index (χ4n) is 2.80. The third-order valence-corrected chi connectivity index (χ3v) is 4.58. The molecule has 0 unspecified atom stereocenters. The molecular formula is C17H30NO+. The summed E-state index contributed by atoms with van der Waals surface area (Å²) in [4.78, 5) is 0. The predicted molar refractivity (Wildman–Crippen MR) is 82.4 cm³/mol. The molecule has 0 saturated heterocycles. The van der Waals surface area contributed by atoms with E-state index in [4.69, 9.17) is 0 Å². The lowest BCUT2D eigenvalue weighted by molar-refractivity contribution is -0.914. The largest absolute Gasteiger partial charge is 0.508 e. The first kappa shape index (κ1) is 16.0. The van der Waals surface area contributed by atoms with Crippen molar-refractivity contribution < 1.29 is 9.59 Å². The minimum absolute atomic E-state index is 0.376. The van der Waals surface area contributed by atoms with E-state index in [2.05, 4.69) is 47.9 Å². The second-order valence-corrected chi connectivity index (χ2v) is 6.64. The van der Waals surface area contributed by atoms with Gasteiger partial charge in [0, 0.05) is 5.92 Å². The summed E-state index contributed by atoms with van der Waals surface area (Å²) in [5, 5.41) is 9.66. The Hall–Kier alpha value is -1.02. The van der Waals surface area contributed by atoms with E-state index in [1.165, 1.54) is 5.56 Å². The highest BCUT2D eigenvalue weighted by atomic mass is 16.3. The minimum Gasteiger partial charge on any atom is -0.508 e. The Morgan fingerprint density at radius 1 is 1.16 bits per heavy atom. The van der Waals surface area contributed by atoms with Gasteiger partial charge in [-0.05, 0) is 43.9 Å². The zero-order chi connectivity index (χ0) is 14.6. The Balaban J connectivity index is 2.86. The number of benzene rings is 1. The van der Waals surface area contributed by atoms with Gasteiger partial charge in [0.15, 0.2) is 0 Å². The van der Waals surface area contributed by atoms with E-state index in [0.717, 1.165) is 17.4 Å². The highest BCUT2D eigenvalue weighted by Crippen LogP contribution is 2.31. The van der Waals surface area contributed by atoms with E-state index in [0.29, 0.717) is 23.6 Å². The highest BCUT2D eigenvalue weighted by Gasteiger charge is 2.27. The van der Waals surface area contributed by atoms with Gasteiger partial charge >= 0.3 is 0 Å². The Morgan fingerprint density at radius 2 is 1.79 bits per heavy atom. The molecule has 1 aromatic rings. The van der Waals surface area contributed by atoms with Crippen molar-refractivity contribution in [2.75, 3.05) is 20.6 Å². The lowest BCUT2D eigenvalue weighted by Crippen LogP contribution is -2.49. The van der Waals surface area contributed by atoms with Crippen LogP contribution in [0.15, 0.2) is 24.3 Å². The molecule has 2 atom stereocenters. The Morgan fingerprint density at radius 3 is 2.26 bits per heavy atom. The first-order valence-electron chi connectivity index (χ1n) is 7.39. The van der Waals surface area contributed by atoms with Gasteiger partial charge in [0.25, 0.3) is 0 Å². The van der Waals surface area contributed by atoms with Crippen LogP contribution in [-0.2, 0) is 0 Å². The molecule has 1 rings (SSSR count). The zero-order valence-corrected chi connectivity index (χ0v) is 13.4. The van der Waals surface area contributed by atoms with Crippen LogP contribution < -0.4 is 0 Å². The number of nitrogens with zero attached hydrogens (tertiary/aromatic N) is 1. The van der Waals surface area contributed by atoms with Gasteiger partial charge in [-0.3, -0.25) is 0 Å². The minimum atomic E-state index is 0.376. The molecule has 1 N–H and O–H groups in total. The standard InChI is InChI=1S/C17H29NO/c1-7-17(15-9-8-10-16(19)11-15)14(4)12-18(5,6)13(2)3/h8-11,13-14,17H,7,12H2,1-6H3/p+1/t14-,17+/m0/s1. The molecule has 0 aliphatic rings. The first-order valence-corrected chi connectivity index (χ1v) is 7.39. The summed E-state index contributed by atoms with van der Waals surface area (Å²) in [6, 6.07) is 8.38. The van der Waals surface area contributed by atoms with Crippen molar-refractivity contribution in [3.8, 4) is 5.75 Å². The average Bonchev–Trinajstić information content (AvgIpc) is 2.29. The van der Waals surface area contributed by atoms with E-state index in [1.54, 1.807) is 6.07 Å². The third kappa shape index (κ3) is 4.24. The zero-order valence-electron chi connectivity index (χ0n) is 13.4. The lowest BCUT2D eigenvalue weighted by atomic mass is 9.84. The molecule has 0 aliphatic carbocycles. The van der Waals surface area contributed by atoms with Crippen LogP contribution in [0.4, 0.5) is 0 Å². The molecule has 0 fully saturated rings. The fourth-order valence-corrected chi connectivity index (χ4v) is 2.80. The molecule has 0 heterocycles. The first-order chi connectivity index (χ1) is 8.77. The third-order valence-electron chi connectivity index (χ3n) is 4.58. The number of quaternary nitrogens is 1. The normalized spacial score (nSPS) is 15.5. The van der Waals surface area contributed by atoms with Gasteiger partial charge in [-0.2, -0.15) is 0 Å². The molecule has 2 nitrogen and oxygen atoms in total. The Bertz CT molecular complexity index is 398. The summed E-state index contributed by atoms with van der Waals surface area (Å²) in [7, 11) is 4.60. The number of hydrogen-bond acceptors (Lipinski definition) is 1. The number of rotatable bonds is 6. The molecule has 2 heteroatoms. The summed E-state index contributed by atoms with van der Waals surface area (Å²) >= 11 is 0. The van der Waals surface area contributed by atoms with Crippen LogP contribution in [-0.4, -0.2) is 36.3 Å². The van der Waals surface area contributed by atoms with Gasteiger partial charge in [-0.15, -0.1) is 0 Å². The monoisotopic (exact) mass is 264 g/mol. The predicted octanol–water partition coefficient (Wildman–Crippen LogP) is 4.01. The van der Waals surface area contributed by atoms with Gasteiger partial charge in [-0.1, -0.05) is 26.0 Å². The summed E-state index contributed by atoms with van der Waals surface area (Å²) < 4.78 is 1.04. The second kappa shape index (κ2) is 6.42. The van der Waals surface area contributed by atoms with Crippen molar-refractivity contribution in [2.24, 2.45) is 5.92 Å². The maximum atomic E-state index is 9.66. The number of hydrogen-bond donors (Lipinski definition) is 1. The second-order valence-electron chi connectivity index (χ2n) is 6.64. The van der Waals surface area contributed by atoms with Gasteiger partial charge < -0.3 is 9.59 Å². The van der Waals surface area contributed by atoms with E-state index in [1.807, 2.05) is 12.1 Å². The van der Waals surface area contributed by atoms with Gasteiger partial charge in [0.05, 0.1) is 26.7 Å².